The Bertz CT molecular complexity index is 427. The monoisotopic (exact) mass is 289 g/mol. The number of hydrogen-bond donors (Lipinski definition) is 2. The number of rotatable bonds is 6. The molecule has 0 heterocycles. The number of nitrogens with zero attached hydrogens (tertiary/aromatic N) is 1. The van der Waals surface area contributed by atoms with Crippen LogP contribution in [-0.2, 0) is 9.59 Å². The van der Waals surface area contributed by atoms with Gasteiger partial charge >= 0.3 is 5.97 Å². The molecule has 4 atom stereocenters. The third-order valence-corrected chi connectivity index (χ3v) is 4.07. The fraction of sp³-hybridized carbons (Fsp3) is 0.692. The molecule has 2 bridgehead atoms. The van der Waals surface area contributed by atoms with Gasteiger partial charge in [0.1, 0.15) is 0 Å². The Hall–Kier alpha value is -1.50. The fourth-order valence-electron chi connectivity index (χ4n) is 3.29. The summed E-state index contributed by atoms with van der Waals surface area (Å²) in [5.74, 6) is -3.71. The van der Waals surface area contributed by atoms with E-state index in [-0.39, 0.29) is 18.4 Å². The van der Waals surface area contributed by atoms with Crippen molar-refractivity contribution < 1.29 is 28.6 Å². The summed E-state index contributed by atoms with van der Waals surface area (Å²) in [6.07, 6.45) is 1.46. The van der Waals surface area contributed by atoms with Crippen LogP contribution in [0.2, 0.25) is 0 Å². The molecule has 20 heavy (non-hydrogen) atoms. The first-order valence-corrected chi connectivity index (χ1v) is 6.54. The topological polar surface area (TPSA) is 77.8 Å². The minimum atomic E-state index is -2.71. The Morgan fingerprint density at radius 2 is 1.85 bits per heavy atom. The molecule has 2 N–H and O–H groups in total. The normalized spacial score (nSPS) is 31.0. The molecule has 1 amide bonds. The molecule has 2 unspecified atom stereocenters. The maximum Gasteiger partial charge on any atom is 0.307 e. The minimum Gasteiger partial charge on any atom is -0.481 e. The third-order valence-electron chi connectivity index (χ3n) is 4.07. The lowest BCUT2D eigenvalue weighted by atomic mass is 9.82. The maximum absolute atomic E-state index is 12.5. The molecule has 0 spiro atoms. The summed E-state index contributed by atoms with van der Waals surface area (Å²) in [6, 6.07) is 0. The van der Waals surface area contributed by atoms with Gasteiger partial charge in [0, 0.05) is 6.54 Å². The molecule has 0 saturated heterocycles. The summed E-state index contributed by atoms with van der Waals surface area (Å²) in [5.41, 5.74) is 0. The van der Waals surface area contributed by atoms with Crippen LogP contribution in [-0.4, -0.2) is 53.1 Å². The van der Waals surface area contributed by atoms with E-state index in [2.05, 4.69) is 0 Å². The van der Waals surface area contributed by atoms with Gasteiger partial charge in [0.15, 0.2) is 0 Å². The predicted molar refractivity (Wildman–Crippen MR) is 65.0 cm³/mol. The molecule has 7 heteroatoms. The summed E-state index contributed by atoms with van der Waals surface area (Å²) in [5, 5.41) is 18.1. The number of carboxylic acids is 1. The number of allylic oxidation sites excluding steroid dienone is 2. The number of aliphatic hydroxyl groups is 1. The SMILES string of the molecule is O=C(O)[C@@H]1C2C=CC(C2)[C@@H]1C(=O)N(CCO)CC(F)F. The zero-order valence-corrected chi connectivity index (χ0v) is 10.8. The summed E-state index contributed by atoms with van der Waals surface area (Å²) in [6.45, 7) is -1.40. The molecule has 0 aromatic rings. The van der Waals surface area contributed by atoms with E-state index in [1.165, 1.54) is 0 Å². The highest BCUT2D eigenvalue weighted by Gasteiger charge is 2.52. The number of carbonyl (C=O) groups is 2. The molecule has 112 valence electrons. The summed E-state index contributed by atoms with van der Waals surface area (Å²) in [7, 11) is 0. The number of aliphatic hydroxyl groups excluding tert-OH is 1. The number of alkyl halides is 2. The van der Waals surface area contributed by atoms with Gasteiger partial charge in [-0.2, -0.15) is 0 Å². The van der Waals surface area contributed by atoms with Gasteiger partial charge in [0.2, 0.25) is 5.91 Å². The van der Waals surface area contributed by atoms with Crippen LogP contribution in [0.15, 0.2) is 12.2 Å². The van der Waals surface area contributed by atoms with Crippen LogP contribution in [0, 0.1) is 23.7 Å². The van der Waals surface area contributed by atoms with E-state index < -0.39 is 43.3 Å². The molecule has 0 aliphatic heterocycles. The number of fused-ring (bicyclic) bond motifs is 2. The molecular weight excluding hydrogens is 272 g/mol. The largest absolute Gasteiger partial charge is 0.481 e. The van der Waals surface area contributed by atoms with Gasteiger partial charge in [0.05, 0.1) is 25.0 Å². The molecule has 5 nitrogen and oxygen atoms in total. The second kappa shape index (κ2) is 5.87. The zero-order chi connectivity index (χ0) is 14.9. The van der Waals surface area contributed by atoms with Crippen molar-refractivity contribution in [1.82, 2.24) is 4.90 Å². The van der Waals surface area contributed by atoms with Gasteiger partial charge < -0.3 is 15.1 Å². The summed E-state index contributed by atoms with van der Waals surface area (Å²) in [4.78, 5) is 24.5. The molecule has 2 aliphatic rings. The third kappa shape index (κ3) is 2.67. The van der Waals surface area contributed by atoms with Crippen LogP contribution in [0.1, 0.15) is 6.42 Å². The van der Waals surface area contributed by atoms with E-state index in [9.17, 15) is 23.5 Å². The smallest absolute Gasteiger partial charge is 0.307 e. The molecule has 2 rings (SSSR count). The Labute approximate surface area is 114 Å². The molecule has 0 aromatic carbocycles. The number of carboxylic acid groups (broad SMARTS) is 1. The van der Waals surface area contributed by atoms with Gasteiger partial charge in [-0.15, -0.1) is 0 Å². The van der Waals surface area contributed by atoms with E-state index in [1.54, 1.807) is 12.2 Å². The summed E-state index contributed by atoms with van der Waals surface area (Å²) >= 11 is 0. The van der Waals surface area contributed by atoms with Crippen molar-refractivity contribution in [1.29, 1.82) is 0 Å². The van der Waals surface area contributed by atoms with Crippen LogP contribution < -0.4 is 0 Å². The highest BCUT2D eigenvalue weighted by atomic mass is 19.3. The van der Waals surface area contributed by atoms with Crippen molar-refractivity contribution in [3.8, 4) is 0 Å². The van der Waals surface area contributed by atoms with Gasteiger partial charge in [-0.05, 0) is 18.3 Å². The second-order valence-electron chi connectivity index (χ2n) is 5.24. The van der Waals surface area contributed by atoms with Crippen molar-refractivity contribution in [2.24, 2.45) is 23.7 Å². The Morgan fingerprint density at radius 1 is 1.25 bits per heavy atom. The lowest BCUT2D eigenvalue weighted by Gasteiger charge is -2.30. The molecule has 0 radical (unpaired) electrons. The fourth-order valence-corrected chi connectivity index (χ4v) is 3.29. The highest BCUT2D eigenvalue weighted by molar-refractivity contribution is 5.87. The van der Waals surface area contributed by atoms with Gasteiger partial charge in [-0.3, -0.25) is 9.59 Å². The molecule has 1 saturated carbocycles. The Balaban J connectivity index is 2.17. The molecular formula is C13H17F2NO4. The maximum atomic E-state index is 12.5. The number of aliphatic carboxylic acids is 1. The number of carbonyl (C=O) groups excluding carboxylic acids is 1. The van der Waals surface area contributed by atoms with Crippen LogP contribution in [0.5, 0.6) is 0 Å². The quantitative estimate of drug-likeness (QED) is 0.702. The zero-order valence-electron chi connectivity index (χ0n) is 10.8. The lowest BCUT2D eigenvalue weighted by molar-refractivity contribution is -0.152. The van der Waals surface area contributed by atoms with E-state index in [4.69, 9.17) is 5.11 Å². The van der Waals surface area contributed by atoms with E-state index >= 15 is 0 Å². The Kier molecular flexibility index (Phi) is 4.37. The van der Waals surface area contributed by atoms with E-state index in [1.807, 2.05) is 0 Å². The van der Waals surface area contributed by atoms with Crippen LogP contribution in [0.25, 0.3) is 0 Å². The molecule has 2 aliphatic carbocycles. The van der Waals surface area contributed by atoms with Gasteiger partial charge in [-0.1, -0.05) is 12.2 Å². The van der Waals surface area contributed by atoms with E-state index in [0.29, 0.717) is 6.42 Å². The predicted octanol–water partition coefficient (Wildman–Crippen LogP) is 0.595. The van der Waals surface area contributed by atoms with Crippen LogP contribution >= 0.6 is 0 Å². The van der Waals surface area contributed by atoms with Gasteiger partial charge in [-0.25, -0.2) is 8.78 Å². The van der Waals surface area contributed by atoms with Gasteiger partial charge in [0.25, 0.3) is 6.43 Å². The second-order valence-corrected chi connectivity index (χ2v) is 5.24. The average molecular weight is 289 g/mol. The van der Waals surface area contributed by atoms with Crippen molar-refractivity contribution in [2.45, 2.75) is 12.8 Å². The van der Waals surface area contributed by atoms with Crippen molar-refractivity contribution in [3.05, 3.63) is 12.2 Å². The standard InChI is InChI=1S/C13H17F2NO4/c14-9(15)6-16(3-4-17)12(18)10-7-1-2-8(5-7)11(10)13(19)20/h1-2,7-11,17H,3-6H2,(H,19,20)/t7?,8?,10-,11+/m0/s1. The van der Waals surface area contributed by atoms with Crippen molar-refractivity contribution in [3.63, 3.8) is 0 Å². The first-order valence-electron chi connectivity index (χ1n) is 6.54. The Morgan fingerprint density at radius 3 is 2.35 bits per heavy atom. The number of halogens is 2. The van der Waals surface area contributed by atoms with Crippen molar-refractivity contribution in [2.75, 3.05) is 19.7 Å². The number of amides is 1. The minimum absolute atomic E-state index is 0.200. The summed E-state index contributed by atoms with van der Waals surface area (Å²) < 4.78 is 25.0. The van der Waals surface area contributed by atoms with Crippen LogP contribution in [0.4, 0.5) is 8.78 Å². The lowest BCUT2D eigenvalue weighted by Crippen LogP contribution is -2.45. The first kappa shape index (κ1) is 14.9. The first-order chi connectivity index (χ1) is 9.45. The molecule has 1 fully saturated rings. The highest BCUT2D eigenvalue weighted by Crippen LogP contribution is 2.48. The van der Waals surface area contributed by atoms with E-state index in [0.717, 1.165) is 4.90 Å². The molecule has 0 aromatic heterocycles. The number of hydrogen-bond acceptors (Lipinski definition) is 3. The average Bonchev–Trinajstić information content (AvgIpc) is 2.96. The van der Waals surface area contributed by atoms with Crippen LogP contribution in [0.3, 0.4) is 0 Å². The van der Waals surface area contributed by atoms with Crippen molar-refractivity contribution >= 4 is 11.9 Å².